The van der Waals surface area contributed by atoms with Gasteiger partial charge in [0.25, 0.3) is 0 Å². The fourth-order valence-corrected chi connectivity index (χ4v) is 1.57. The van der Waals surface area contributed by atoms with E-state index in [0.717, 1.165) is 12.1 Å². The highest BCUT2D eigenvalue weighted by Crippen LogP contribution is 2.26. The summed E-state index contributed by atoms with van der Waals surface area (Å²) in [5, 5.41) is 0. The maximum atomic E-state index is 10.9. The number of benzene rings is 1. The normalized spacial score (nSPS) is 12.4. The van der Waals surface area contributed by atoms with Crippen LogP contribution in [0.15, 0.2) is 24.3 Å². The van der Waals surface area contributed by atoms with Gasteiger partial charge in [-0.2, -0.15) is 0 Å². The zero-order chi connectivity index (χ0) is 8.55. The van der Waals surface area contributed by atoms with Crippen LogP contribution in [0.3, 0.4) is 0 Å². The minimum Gasteiger partial charge on any atom is -0.351 e. The van der Waals surface area contributed by atoms with Crippen molar-refractivity contribution in [1.82, 2.24) is 0 Å². The van der Waals surface area contributed by atoms with E-state index in [1.165, 1.54) is 5.56 Å². The van der Waals surface area contributed by atoms with Crippen LogP contribution in [0, 0.1) is 0 Å². The zero-order valence-electron chi connectivity index (χ0n) is 7.47. The van der Waals surface area contributed by atoms with Crippen molar-refractivity contribution in [2.24, 2.45) is 5.73 Å². The maximum absolute atomic E-state index is 10.9. The number of halogens is 2. The lowest BCUT2D eigenvalue weighted by molar-refractivity contribution is 0.254. The van der Waals surface area contributed by atoms with E-state index in [1.54, 1.807) is 4.90 Å². The monoisotopic (exact) mass is 234 g/mol. The van der Waals surface area contributed by atoms with E-state index in [2.05, 4.69) is 0 Å². The topological polar surface area (TPSA) is 46.3 Å². The second kappa shape index (κ2) is 5.08. The Bertz CT molecular complexity index is 330. The van der Waals surface area contributed by atoms with Gasteiger partial charge in [-0.15, -0.1) is 24.8 Å². The standard InChI is InChI=1S/C9H10N2O.2ClH/c10-9(12)11-6-5-7-3-1-2-4-8(7)11;;/h1-4H,5-6H2,(H2,10,12);2*1H. The van der Waals surface area contributed by atoms with E-state index < -0.39 is 0 Å². The first-order chi connectivity index (χ1) is 5.79. The highest BCUT2D eigenvalue weighted by atomic mass is 35.5. The van der Waals surface area contributed by atoms with Crippen LogP contribution in [-0.4, -0.2) is 12.6 Å². The van der Waals surface area contributed by atoms with E-state index in [0.29, 0.717) is 6.54 Å². The molecule has 0 atom stereocenters. The van der Waals surface area contributed by atoms with Crippen LogP contribution in [0.25, 0.3) is 0 Å². The number of para-hydroxylation sites is 1. The number of hydrogen-bond donors (Lipinski definition) is 1. The number of hydrogen-bond acceptors (Lipinski definition) is 1. The molecule has 78 valence electrons. The highest BCUT2D eigenvalue weighted by molar-refractivity contribution is 5.92. The van der Waals surface area contributed by atoms with Crippen molar-refractivity contribution in [3.8, 4) is 0 Å². The number of amides is 2. The van der Waals surface area contributed by atoms with Gasteiger partial charge in [0.05, 0.1) is 0 Å². The molecule has 2 rings (SSSR count). The molecule has 0 spiro atoms. The van der Waals surface area contributed by atoms with Gasteiger partial charge in [-0.05, 0) is 18.1 Å². The van der Waals surface area contributed by atoms with Gasteiger partial charge in [-0.1, -0.05) is 18.2 Å². The molecule has 0 aliphatic carbocycles. The molecule has 14 heavy (non-hydrogen) atoms. The summed E-state index contributed by atoms with van der Waals surface area (Å²) in [6.45, 7) is 0.717. The number of nitrogens with two attached hydrogens (primary N) is 1. The molecule has 0 saturated carbocycles. The molecule has 0 unspecified atom stereocenters. The third kappa shape index (κ3) is 2.11. The van der Waals surface area contributed by atoms with Gasteiger partial charge in [0.2, 0.25) is 0 Å². The molecule has 5 heteroatoms. The Kier molecular flexibility index (Phi) is 4.74. The smallest absolute Gasteiger partial charge is 0.319 e. The SMILES string of the molecule is Cl.Cl.NC(=O)N1CCc2ccccc21. The number of fused-ring (bicyclic) bond motifs is 1. The summed E-state index contributed by atoms with van der Waals surface area (Å²) in [5.41, 5.74) is 7.37. The average Bonchev–Trinajstić information content (AvgIpc) is 2.47. The minimum atomic E-state index is -0.361. The summed E-state index contributed by atoms with van der Waals surface area (Å²) in [4.78, 5) is 12.5. The van der Waals surface area contributed by atoms with Crippen molar-refractivity contribution in [3.63, 3.8) is 0 Å². The zero-order valence-corrected chi connectivity index (χ0v) is 9.11. The van der Waals surface area contributed by atoms with Crippen molar-refractivity contribution in [3.05, 3.63) is 29.8 Å². The minimum absolute atomic E-state index is 0. The molecule has 0 fully saturated rings. The lowest BCUT2D eigenvalue weighted by atomic mass is 10.2. The van der Waals surface area contributed by atoms with Gasteiger partial charge >= 0.3 is 6.03 Å². The van der Waals surface area contributed by atoms with Crippen molar-refractivity contribution in [1.29, 1.82) is 0 Å². The molecule has 1 aliphatic heterocycles. The second-order valence-corrected chi connectivity index (χ2v) is 2.87. The van der Waals surface area contributed by atoms with Crippen LogP contribution in [0.4, 0.5) is 10.5 Å². The lowest BCUT2D eigenvalue weighted by Gasteiger charge is -2.12. The van der Waals surface area contributed by atoms with E-state index in [1.807, 2.05) is 24.3 Å². The third-order valence-corrected chi connectivity index (χ3v) is 2.15. The highest BCUT2D eigenvalue weighted by Gasteiger charge is 2.21. The third-order valence-electron chi connectivity index (χ3n) is 2.15. The molecule has 1 aliphatic rings. The number of anilines is 1. The summed E-state index contributed by atoms with van der Waals surface area (Å²) in [6, 6.07) is 7.48. The number of carbonyl (C=O) groups excluding carboxylic acids is 1. The summed E-state index contributed by atoms with van der Waals surface area (Å²) in [7, 11) is 0. The van der Waals surface area contributed by atoms with Crippen molar-refractivity contribution in [2.45, 2.75) is 6.42 Å². The number of rotatable bonds is 0. The predicted octanol–water partition coefficient (Wildman–Crippen LogP) is 1.97. The van der Waals surface area contributed by atoms with Gasteiger partial charge in [-0.25, -0.2) is 4.79 Å². The Balaban J connectivity index is 0.000000845. The molecule has 0 radical (unpaired) electrons. The van der Waals surface area contributed by atoms with Crippen molar-refractivity contribution in [2.75, 3.05) is 11.4 Å². The maximum Gasteiger partial charge on any atom is 0.319 e. The van der Waals surface area contributed by atoms with Gasteiger partial charge in [0.15, 0.2) is 0 Å². The number of carbonyl (C=O) groups is 1. The van der Waals surface area contributed by atoms with E-state index in [4.69, 9.17) is 5.73 Å². The molecule has 3 nitrogen and oxygen atoms in total. The van der Waals surface area contributed by atoms with Gasteiger partial charge < -0.3 is 5.73 Å². The van der Waals surface area contributed by atoms with Crippen LogP contribution >= 0.6 is 24.8 Å². The van der Waals surface area contributed by atoms with Crippen LogP contribution in [-0.2, 0) is 6.42 Å². The molecular formula is C9H12Cl2N2O. The fraction of sp³-hybridized carbons (Fsp3) is 0.222. The van der Waals surface area contributed by atoms with E-state index in [9.17, 15) is 4.79 Å². The molecule has 0 bridgehead atoms. The lowest BCUT2D eigenvalue weighted by Crippen LogP contribution is -2.33. The van der Waals surface area contributed by atoms with Crippen LogP contribution < -0.4 is 10.6 Å². The van der Waals surface area contributed by atoms with Crippen LogP contribution in [0.5, 0.6) is 0 Å². The van der Waals surface area contributed by atoms with Crippen molar-refractivity contribution >= 4 is 36.5 Å². The summed E-state index contributed by atoms with van der Waals surface area (Å²) in [5.74, 6) is 0. The number of urea groups is 1. The molecule has 1 heterocycles. The summed E-state index contributed by atoms with van der Waals surface area (Å²) < 4.78 is 0. The first-order valence-corrected chi connectivity index (χ1v) is 3.94. The molecule has 0 aromatic heterocycles. The Hall–Kier alpha value is -0.930. The van der Waals surface area contributed by atoms with Gasteiger partial charge in [0.1, 0.15) is 0 Å². The molecule has 0 saturated heterocycles. The molecule has 2 amide bonds. The van der Waals surface area contributed by atoms with Gasteiger partial charge in [-0.3, -0.25) is 4.90 Å². The summed E-state index contributed by atoms with van der Waals surface area (Å²) >= 11 is 0. The Morgan fingerprint density at radius 1 is 1.29 bits per heavy atom. The Morgan fingerprint density at radius 2 is 1.93 bits per heavy atom. The Labute approximate surface area is 95.1 Å². The van der Waals surface area contributed by atoms with E-state index in [-0.39, 0.29) is 30.8 Å². The Morgan fingerprint density at radius 3 is 2.57 bits per heavy atom. The van der Waals surface area contributed by atoms with E-state index >= 15 is 0 Å². The average molecular weight is 235 g/mol. The van der Waals surface area contributed by atoms with Crippen LogP contribution in [0.2, 0.25) is 0 Å². The second-order valence-electron chi connectivity index (χ2n) is 2.87. The summed E-state index contributed by atoms with van der Waals surface area (Å²) in [6.07, 6.45) is 0.916. The predicted molar refractivity (Wildman–Crippen MR) is 61.6 cm³/mol. The molecule has 2 N–H and O–H groups in total. The largest absolute Gasteiger partial charge is 0.351 e. The molecule has 1 aromatic carbocycles. The number of nitrogens with zero attached hydrogens (tertiary/aromatic N) is 1. The fourth-order valence-electron chi connectivity index (χ4n) is 1.57. The van der Waals surface area contributed by atoms with Crippen LogP contribution in [0.1, 0.15) is 5.56 Å². The van der Waals surface area contributed by atoms with Gasteiger partial charge in [0, 0.05) is 12.2 Å². The first kappa shape index (κ1) is 13.1. The molecule has 1 aromatic rings. The quantitative estimate of drug-likeness (QED) is 0.734. The molecular weight excluding hydrogens is 223 g/mol. The van der Waals surface area contributed by atoms with Crippen molar-refractivity contribution < 1.29 is 4.79 Å². The first-order valence-electron chi connectivity index (χ1n) is 3.94. The number of primary amides is 1.